The number of rotatable bonds is 4. The fraction of sp³-hybridized carbons (Fsp3) is 0.154. The van der Waals surface area contributed by atoms with Gasteiger partial charge in [-0.3, -0.25) is 4.98 Å². The number of nitrogens with zero attached hydrogens (tertiary/aromatic N) is 2. The molecular formula is C13H13BrN2O. The van der Waals surface area contributed by atoms with Gasteiger partial charge in [0.25, 0.3) is 0 Å². The second-order valence-electron chi connectivity index (χ2n) is 3.57. The smallest absolute Gasteiger partial charge is 0.118 e. The maximum atomic E-state index is 5.13. The van der Waals surface area contributed by atoms with Crippen LogP contribution in [0.25, 0.3) is 0 Å². The van der Waals surface area contributed by atoms with Crippen LogP contribution in [0.4, 0.5) is 5.69 Å². The van der Waals surface area contributed by atoms with E-state index >= 15 is 0 Å². The molecule has 0 fully saturated rings. The van der Waals surface area contributed by atoms with Crippen molar-refractivity contribution in [1.29, 1.82) is 0 Å². The quantitative estimate of drug-likeness (QED) is 0.808. The van der Waals surface area contributed by atoms with Gasteiger partial charge in [0.1, 0.15) is 5.75 Å². The molecule has 0 atom stereocenters. The van der Waals surface area contributed by atoms with Crippen LogP contribution >= 0.6 is 16.1 Å². The number of benzene rings is 1. The molecule has 0 unspecified atom stereocenters. The van der Waals surface area contributed by atoms with Crippen LogP contribution in [-0.4, -0.2) is 12.1 Å². The van der Waals surface area contributed by atoms with Crippen molar-refractivity contribution in [3.05, 3.63) is 54.4 Å². The van der Waals surface area contributed by atoms with Gasteiger partial charge in [0, 0.05) is 28.5 Å². The Hall–Kier alpha value is -1.55. The first-order chi connectivity index (χ1) is 8.29. The van der Waals surface area contributed by atoms with E-state index in [4.69, 9.17) is 4.74 Å². The van der Waals surface area contributed by atoms with Gasteiger partial charge in [-0.15, -0.1) is 0 Å². The molecule has 0 amide bonds. The van der Waals surface area contributed by atoms with Gasteiger partial charge in [0.2, 0.25) is 0 Å². The third-order valence-corrected chi connectivity index (χ3v) is 3.08. The predicted molar refractivity (Wildman–Crippen MR) is 72.3 cm³/mol. The van der Waals surface area contributed by atoms with E-state index in [2.05, 4.69) is 21.1 Å². The van der Waals surface area contributed by atoms with Crippen LogP contribution in [-0.2, 0) is 6.54 Å². The average molecular weight is 293 g/mol. The van der Waals surface area contributed by atoms with Gasteiger partial charge in [0.15, 0.2) is 0 Å². The third kappa shape index (κ3) is 3.20. The molecule has 88 valence electrons. The first-order valence-electron chi connectivity index (χ1n) is 5.26. The zero-order valence-electron chi connectivity index (χ0n) is 9.51. The predicted octanol–water partition coefficient (Wildman–Crippen LogP) is 3.41. The number of pyridine rings is 1. The van der Waals surface area contributed by atoms with Crippen molar-refractivity contribution in [2.45, 2.75) is 6.54 Å². The molecule has 0 radical (unpaired) electrons. The van der Waals surface area contributed by atoms with E-state index in [0.717, 1.165) is 18.0 Å². The van der Waals surface area contributed by atoms with Crippen LogP contribution in [0, 0.1) is 0 Å². The molecule has 3 nitrogen and oxygen atoms in total. The number of methoxy groups -OCH3 is 1. The summed E-state index contributed by atoms with van der Waals surface area (Å²) < 4.78 is 7.12. The van der Waals surface area contributed by atoms with E-state index in [0.29, 0.717) is 0 Å². The van der Waals surface area contributed by atoms with Crippen LogP contribution in [0.3, 0.4) is 0 Å². The van der Waals surface area contributed by atoms with Crippen LogP contribution in [0.5, 0.6) is 5.75 Å². The molecule has 2 rings (SSSR count). The normalized spacial score (nSPS) is 10.0. The fourth-order valence-electron chi connectivity index (χ4n) is 1.49. The standard InChI is InChI=1S/C13H13BrN2O/c1-17-13-4-2-11(3-5-13)10-16(14)12-6-8-15-9-7-12/h2-9H,10H2,1H3. The van der Waals surface area contributed by atoms with Gasteiger partial charge in [0.05, 0.1) is 19.3 Å². The van der Waals surface area contributed by atoms with Crippen molar-refractivity contribution in [3.8, 4) is 5.75 Å². The highest BCUT2D eigenvalue weighted by molar-refractivity contribution is 9.10. The second kappa shape index (κ2) is 5.68. The summed E-state index contributed by atoms with van der Waals surface area (Å²) in [5, 5.41) is 0. The third-order valence-electron chi connectivity index (χ3n) is 2.42. The molecule has 2 aromatic rings. The summed E-state index contributed by atoms with van der Waals surface area (Å²) in [6.45, 7) is 0.786. The number of halogens is 1. The maximum absolute atomic E-state index is 5.13. The Labute approximate surface area is 109 Å². The zero-order chi connectivity index (χ0) is 12.1. The number of hydrogen-bond acceptors (Lipinski definition) is 3. The Morgan fingerprint density at radius 3 is 2.35 bits per heavy atom. The summed E-state index contributed by atoms with van der Waals surface area (Å²) in [6, 6.07) is 11.9. The fourth-order valence-corrected chi connectivity index (χ4v) is 2.01. The van der Waals surface area contributed by atoms with Crippen LogP contribution in [0.15, 0.2) is 48.8 Å². The number of aromatic nitrogens is 1. The Bertz CT molecular complexity index is 459. The molecule has 1 aromatic heterocycles. The van der Waals surface area contributed by atoms with Gasteiger partial charge in [-0.05, 0) is 29.8 Å². The highest BCUT2D eigenvalue weighted by atomic mass is 79.9. The van der Waals surface area contributed by atoms with Crippen molar-refractivity contribution < 1.29 is 4.74 Å². The van der Waals surface area contributed by atoms with E-state index in [9.17, 15) is 0 Å². The average Bonchev–Trinajstić information content (AvgIpc) is 2.40. The monoisotopic (exact) mass is 292 g/mol. The lowest BCUT2D eigenvalue weighted by Crippen LogP contribution is -2.08. The zero-order valence-corrected chi connectivity index (χ0v) is 11.1. The van der Waals surface area contributed by atoms with Gasteiger partial charge in [-0.25, -0.2) is 0 Å². The molecule has 0 bridgehead atoms. The van der Waals surface area contributed by atoms with Gasteiger partial charge in [-0.2, -0.15) is 0 Å². The summed E-state index contributed by atoms with van der Waals surface area (Å²) in [5.74, 6) is 0.874. The first kappa shape index (κ1) is 11.9. The number of anilines is 1. The molecule has 0 aliphatic rings. The molecule has 17 heavy (non-hydrogen) atoms. The van der Waals surface area contributed by atoms with Crippen LogP contribution < -0.4 is 8.66 Å². The molecule has 1 heterocycles. The highest BCUT2D eigenvalue weighted by Crippen LogP contribution is 2.20. The lowest BCUT2D eigenvalue weighted by Gasteiger charge is -2.16. The highest BCUT2D eigenvalue weighted by Gasteiger charge is 2.03. The molecule has 4 heteroatoms. The van der Waals surface area contributed by atoms with Crippen molar-refractivity contribution in [2.75, 3.05) is 11.0 Å². The summed E-state index contributed by atoms with van der Waals surface area (Å²) in [6.07, 6.45) is 3.55. The topological polar surface area (TPSA) is 25.4 Å². The lowest BCUT2D eigenvalue weighted by atomic mass is 10.2. The largest absolute Gasteiger partial charge is 0.497 e. The minimum absolute atomic E-state index is 0.786. The SMILES string of the molecule is COc1ccc(CN(Br)c2ccncc2)cc1. The summed E-state index contributed by atoms with van der Waals surface area (Å²) in [5.41, 5.74) is 2.29. The number of ether oxygens (including phenoxy) is 1. The van der Waals surface area contributed by atoms with E-state index in [-0.39, 0.29) is 0 Å². The van der Waals surface area contributed by atoms with Crippen molar-refractivity contribution in [1.82, 2.24) is 4.98 Å². The van der Waals surface area contributed by atoms with E-state index < -0.39 is 0 Å². The van der Waals surface area contributed by atoms with Crippen molar-refractivity contribution >= 4 is 21.8 Å². The molecule has 0 saturated carbocycles. The second-order valence-corrected chi connectivity index (χ2v) is 4.43. The minimum atomic E-state index is 0.786. The minimum Gasteiger partial charge on any atom is -0.497 e. The maximum Gasteiger partial charge on any atom is 0.118 e. The molecule has 0 N–H and O–H groups in total. The lowest BCUT2D eigenvalue weighted by molar-refractivity contribution is 0.414. The van der Waals surface area contributed by atoms with Gasteiger partial charge < -0.3 is 8.66 Å². The van der Waals surface area contributed by atoms with Gasteiger partial charge in [-0.1, -0.05) is 12.1 Å². The van der Waals surface area contributed by atoms with E-state index in [1.54, 1.807) is 19.5 Å². The summed E-state index contributed by atoms with van der Waals surface area (Å²) >= 11 is 3.53. The summed E-state index contributed by atoms with van der Waals surface area (Å²) in [4.78, 5) is 3.99. The Morgan fingerprint density at radius 1 is 1.12 bits per heavy atom. The molecular weight excluding hydrogens is 280 g/mol. The first-order valence-corrected chi connectivity index (χ1v) is 5.97. The van der Waals surface area contributed by atoms with Crippen molar-refractivity contribution in [2.24, 2.45) is 0 Å². The Balaban J connectivity index is 2.05. The molecule has 0 aliphatic carbocycles. The number of hydrogen-bond donors (Lipinski definition) is 0. The summed E-state index contributed by atoms with van der Waals surface area (Å²) in [7, 11) is 1.67. The molecule has 1 aromatic carbocycles. The van der Waals surface area contributed by atoms with Gasteiger partial charge >= 0.3 is 0 Å². The Kier molecular flexibility index (Phi) is 3.98. The van der Waals surface area contributed by atoms with E-state index in [1.807, 2.05) is 40.3 Å². The van der Waals surface area contributed by atoms with Crippen LogP contribution in [0.1, 0.15) is 5.56 Å². The Morgan fingerprint density at radius 2 is 1.76 bits per heavy atom. The molecule has 0 spiro atoms. The molecule has 0 saturated heterocycles. The van der Waals surface area contributed by atoms with Crippen LogP contribution in [0.2, 0.25) is 0 Å². The van der Waals surface area contributed by atoms with E-state index in [1.165, 1.54) is 5.56 Å². The van der Waals surface area contributed by atoms with Crippen molar-refractivity contribution in [3.63, 3.8) is 0 Å². The molecule has 0 aliphatic heterocycles.